The van der Waals surface area contributed by atoms with Gasteiger partial charge in [-0.3, -0.25) is 0 Å². The van der Waals surface area contributed by atoms with Gasteiger partial charge in [0.25, 0.3) is 0 Å². The van der Waals surface area contributed by atoms with Crippen molar-refractivity contribution in [3.05, 3.63) is 28.2 Å². The summed E-state index contributed by atoms with van der Waals surface area (Å²) in [7, 11) is 1.69. The average molecular weight is 341 g/mol. The molecule has 1 atom stereocenters. The van der Waals surface area contributed by atoms with Gasteiger partial charge in [-0.15, -0.1) is 0 Å². The van der Waals surface area contributed by atoms with Crippen LogP contribution in [0.4, 0.5) is 0 Å². The van der Waals surface area contributed by atoms with E-state index in [0.717, 1.165) is 28.6 Å². The van der Waals surface area contributed by atoms with Crippen LogP contribution in [0.2, 0.25) is 0 Å². The number of hydrogen-bond acceptors (Lipinski definition) is 2. The fraction of sp³-hybridized carbons (Fsp3) is 0.647. The summed E-state index contributed by atoms with van der Waals surface area (Å²) in [6.45, 7) is 0. The molecular weight excluding hydrogens is 316 g/mol. The lowest BCUT2D eigenvalue weighted by atomic mass is 9.85. The Labute approximate surface area is 130 Å². The second-order valence-corrected chi connectivity index (χ2v) is 6.75. The predicted molar refractivity (Wildman–Crippen MR) is 86.2 cm³/mol. The average Bonchev–Trinajstić information content (AvgIpc) is 2.38. The fourth-order valence-electron chi connectivity index (χ4n) is 3.17. The lowest BCUT2D eigenvalue weighted by molar-refractivity contribution is 0.0907. The number of benzene rings is 1. The van der Waals surface area contributed by atoms with Crippen molar-refractivity contribution in [1.82, 2.24) is 0 Å². The third kappa shape index (κ3) is 4.49. The van der Waals surface area contributed by atoms with Crippen molar-refractivity contribution in [2.75, 3.05) is 7.11 Å². The molecule has 2 rings (SSSR count). The molecule has 2 nitrogen and oxygen atoms in total. The highest BCUT2D eigenvalue weighted by Crippen LogP contribution is 2.30. The molecule has 112 valence electrons. The molecule has 20 heavy (non-hydrogen) atoms. The van der Waals surface area contributed by atoms with E-state index in [1.54, 1.807) is 7.11 Å². The summed E-state index contributed by atoms with van der Waals surface area (Å²) in [4.78, 5) is 0. The van der Waals surface area contributed by atoms with E-state index in [4.69, 9.17) is 4.74 Å². The van der Waals surface area contributed by atoms with Crippen molar-refractivity contribution in [2.24, 2.45) is 5.92 Å². The Hall–Kier alpha value is -0.540. The molecule has 0 aromatic heterocycles. The van der Waals surface area contributed by atoms with Crippen molar-refractivity contribution >= 4 is 15.9 Å². The zero-order chi connectivity index (χ0) is 14.4. The van der Waals surface area contributed by atoms with E-state index in [9.17, 15) is 5.11 Å². The summed E-state index contributed by atoms with van der Waals surface area (Å²) in [6, 6.07) is 6.00. The zero-order valence-corrected chi connectivity index (χ0v) is 13.9. The standard InChI is InChI=1S/C17H25BrO2/c1-20-17-10-9-15(18)11-14(17)12-16(19)13-7-5-3-2-4-6-8-13/h9-11,13,16,19H,2-8,12H2,1H3. The first kappa shape index (κ1) is 15.8. The molecule has 1 aliphatic rings. The third-order valence-electron chi connectivity index (χ3n) is 4.37. The number of hydrogen-bond donors (Lipinski definition) is 1. The molecular formula is C17H25BrO2. The molecule has 1 fully saturated rings. The summed E-state index contributed by atoms with van der Waals surface area (Å²) < 4.78 is 6.44. The van der Waals surface area contributed by atoms with Crippen LogP contribution in [0.3, 0.4) is 0 Å². The number of ether oxygens (including phenoxy) is 1. The Balaban J connectivity index is 2.02. The van der Waals surface area contributed by atoms with Crippen LogP contribution in [-0.2, 0) is 6.42 Å². The Bertz CT molecular complexity index is 411. The van der Waals surface area contributed by atoms with Gasteiger partial charge in [0.15, 0.2) is 0 Å². The van der Waals surface area contributed by atoms with Crippen LogP contribution in [0, 0.1) is 5.92 Å². The second-order valence-electron chi connectivity index (χ2n) is 5.83. The first-order valence-electron chi connectivity index (χ1n) is 7.71. The number of aliphatic hydroxyl groups is 1. The van der Waals surface area contributed by atoms with Crippen LogP contribution < -0.4 is 4.74 Å². The number of halogens is 1. The normalized spacial score (nSPS) is 19.1. The van der Waals surface area contributed by atoms with E-state index in [-0.39, 0.29) is 6.10 Å². The Morgan fingerprint density at radius 1 is 1.20 bits per heavy atom. The summed E-state index contributed by atoms with van der Waals surface area (Å²) in [5.74, 6) is 1.32. The maximum atomic E-state index is 10.6. The molecule has 1 saturated carbocycles. The van der Waals surface area contributed by atoms with Gasteiger partial charge in [-0.25, -0.2) is 0 Å². The second kappa shape index (κ2) is 8.04. The van der Waals surface area contributed by atoms with Gasteiger partial charge >= 0.3 is 0 Å². The summed E-state index contributed by atoms with van der Waals surface area (Å²) >= 11 is 3.50. The van der Waals surface area contributed by atoms with E-state index in [1.807, 2.05) is 12.1 Å². The molecule has 0 radical (unpaired) electrons. The minimum absolute atomic E-state index is 0.253. The molecule has 0 heterocycles. The highest BCUT2D eigenvalue weighted by atomic mass is 79.9. The maximum Gasteiger partial charge on any atom is 0.122 e. The Morgan fingerprint density at radius 3 is 2.50 bits per heavy atom. The first-order valence-corrected chi connectivity index (χ1v) is 8.50. The fourth-order valence-corrected chi connectivity index (χ4v) is 3.58. The van der Waals surface area contributed by atoms with Gasteiger partial charge < -0.3 is 9.84 Å². The maximum absolute atomic E-state index is 10.6. The summed E-state index contributed by atoms with van der Waals surface area (Å²) in [6.07, 6.45) is 9.29. The monoisotopic (exact) mass is 340 g/mol. The van der Waals surface area contributed by atoms with E-state index < -0.39 is 0 Å². The highest BCUT2D eigenvalue weighted by molar-refractivity contribution is 9.10. The minimum atomic E-state index is -0.253. The van der Waals surface area contributed by atoms with Gasteiger partial charge in [0, 0.05) is 10.9 Å². The zero-order valence-electron chi connectivity index (χ0n) is 12.3. The van der Waals surface area contributed by atoms with Gasteiger partial charge in [-0.1, -0.05) is 48.0 Å². The van der Waals surface area contributed by atoms with Gasteiger partial charge in [0.1, 0.15) is 5.75 Å². The van der Waals surface area contributed by atoms with Gasteiger partial charge in [0.05, 0.1) is 13.2 Å². The molecule has 0 spiro atoms. The first-order chi connectivity index (χ1) is 9.70. The summed E-state index contributed by atoms with van der Waals surface area (Å²) in [5.41, 5.74) is 1.09. The van der Waals surface area contributed by atoms with Crippen molar-refractivity contribution in [3.63, 3.8) is 0 Å². The van der Waals surface area contributed by atoms with E-state index in [2.05, 4.69) is 22.0 Å². The van der Waals surface area contributed by atoms with Crippen molar-refractivity contribution in [1.29, 1.82) is 0 Å². The van der Waals surface area contributed by atoms with Crippen molar-refractivity contribution in [3.8, 4) is 5.75 Å². The van der Waals surface area contributed by atoms with Gasteiger partial charge in [-0.05, 0) is 42.5 Å². The van der Waals surface area contributed by atoms with Crippen LogP contribution in [0.1, 0.15) is 50.5 Å². The molecule has 0 aliphatic heterocycles. The number of methoxy groups -OCH3 is 1. The van der Waals surface area contributed by atoms with Gasteiger partial charge in [0.2, 0.25) is 0 Å². The molecule has 1 unspecified atom stereocenters. The number of aliphatic hydroxyl groups excluding tert-OH is 1. The smallest absolute Gasteiger partial charge is 0.122 e. The highest BCUT2D eigenvalue weighted by Gasteiger charge is 2.21. The Kier molecular flexibility index (Phi) is 6.37. The van der Waals surface area contributed by atoms with E-state index in [0.29, 0.717) is 12.3 Å². The lowest BCUT2D eigenvalue weighted by Crippen LogP contribution is -2.24. The predicted octanol–water partition coefficient (Wildman–Crippen LogP) is 4.72. The third-order valence-corrected chi connectivity index (χ3v) is 4.86. The molecule has 3 heteroatoms. The van der Waals surface area contributed by atoms with Crippen LogP contribution in [0.5, 0.6) is 5.75 Å². The van der Waals surface area contributed by atoms with Crippen LogP contribution >= 0.6 is 15.9 Å². The summed E-state index contributed by atoms with van der Waals surface area (Å²) in [5, 5.41) is 10.6. The van der Waals surface area contributed by atoms with E-state index in [1.165, 1.54) is 32.1 Å². The molecule has 1 aromatic carbocycles. The quantitative estimate of drug-likeness (QED) is 0.859. The Morgan fingerprint density at radius 2 is 1.85 bits per heavy atom. The van der Waals surface area contributed by atoms with Crippen molar-refractivity contribution < 1.29 is 9.84 Å². The SMILES string of the molecule is COc1ccc(Br)cc1CC(O)C1CCCCCCC1. The number of rotatable bonds is 4. The van der Waals surface area contributed by atoms with Crippen LogP contribution in [-0.4, -0.2) is 18.3 Å². The van der Waals surface area contributed by atoms with Crippen molar-refractivity contribution in [2.45, 2.75) is 57.5 Å². The molecule has 0 bridgehead atoms. The minimum Gasteiger partial charge on any atom is -0.496 e. The van der Waals surface area contributed by atoms with Crippen LogP contribution in [0.25, 0.3) is 0 Å². The lowest BCUT2D eigenvalue weighted by Gasteiger charge is -2.25. The van der Waals surface area contributed by atoms with Crippen LogP contribution in [0.15, 0.2) is 22.7 Å². The molecule has 0 amide bonds. The van der Waals surface area contributed by atoms with Gasteiger partial charge in [-0.2, -0.15) is 0 Å². The molecule has 1 aliphatic carbocycles. The molecule has 1 aromatic rings. The molecule has 1 N–H and O–H groups in total. The van der Waals surface area contributed by atoms with E-state index >= 15 is 0 Å². The molecule has 0 saturated heterocycles. The largest absolute Gasteiger partial charge is 0.496 e. The topological polar surface area (TPSA) is 29.5 Å².